The second-order valence-corrected chi connectivity index (χ2v) is 11.7. The molecule has 0 amide bonds. The van der Waals surface area contributed by atoms with Crippen molar-refractivity contribution in [2.24, 2.45) is 4.99 Å². The number of hydrogen-bond acceptors (Lipinski definition) is 5. The van der Waals surface area contributed by atoms with E-state index in [0.717, 1.165) is 73.4 Å². The van der Waals surface area contributed by atoms with E-state index in [1.807, 2.05) is 42.5 Å². The summed E-state index contributed by atoms with van der Waals surface area (Å²) in [5.74, 6) is 0. The first-order valence-corrected chi connectivity index (χ1v) is 14.4. The van der Waals surface area contributed by atoms with Crippen molar-refractivity contribution in [2.75, 3.05) is 19.7 Å². The van der Waals surface area contributed by atoms with Crippen molar-refractivity contribution in [1.82, 2.24) is 8.87 Å². The SMILES string of the molecule is O=S(=O)(c1ccc(-c2csc(=Nc3ccccc3)n2C[C@@H]2CCCO2)cc1)N1CCCCCC1. The van der Waals surface area contributed by atoms with Crippen LogP contribution in [0, 0.1) is 0 Å². The Morgan fingerprint density at radius 3 is 2.35 bits per heavy atom. The lowest BCUT2D eigenvalue weighted by atomic mass is 10.1. The minimum atomic E-state index is -3.46. The topological polar surface area (TPSA) is 63.9 Å². The largest absolute Gasteiger partial charge is 0.376 e. The van der Waals surface area contributed by atoms with Gasteiger partial charge >= 0.3 is 0 Å². The molecule has 0 radical (unpaired) electrons. The lowest BCUT2D eigenvalue weighted by molar-refractivity contribution is 0.0968. The first kappa shape index (κ1) is 23.5. The third kappa shape index (κ3) is 5.20. The highest BCUT2D eigenvalue weighted by Crippen LogP contribution is 2.26. The summed E-state index contributed by atoms with van der Waals surface area (Å²) >= 11 is 1.60. The second-order valence-electron chi connectivity index (χ2n) is 8.94. The standard InChI is InChI=1S/C26H31N3O3S2/c30-34(31,28-16-6-1-2-7-17-28)24-14-12-21(13-15-24)25-20-33-26(27-22-9-4-3-5-10-22)29(25)19-23-11-8-18-32-23/h3-5,9-10,12-15,20,23H,1-2,6-8,11,16-19H2/t23-/m0/s1. The first-order valence-electron chi connectivity index (χ1n) is 12.1. The molecule has 0 aliphatic carbocycles. The van der Waals surface area contributed by atoms with Gasteiger partial charge in [0.25, 0.3) is 0 Å². The van der Waals surface area contributed by atoms with Crippen LogP contribution in [0.1, 0.15) is 38.5 Å². The van der Waals surface area contributed by atoms with E-state index in [1.165, 1.54) is 0 Å². The zero-order chi connectivity index (χ0) is 23.4. The van der Waals surface area contributed by atoms with E-state index < -0.39 is 10.0 Å². The fourth-order valence-corrected chi connectivity index (χ4v) is 7.12. The number of rotatable bonds is 6. The Balaban J connectivity index is 1.47. The van der Waals surface area contributed by atoms with E-state index in [1.54, 1.807) is 27.8 Å². The van der Waals surface area contributed by atoms with E-state index in [4.69, 9.17) is 9.73 Å². The maximum absolute atomic E-state index is 13.2. The van der Waals surface area contributed by atoms with Gasteiger partial charge in [0, 0.05) is 25.1 Å². The van der Waals surface area contributed by atoms with Gasteiger partial charge < -0.3 is 9.30 Å². The van der Waals surface area contributed by atoms with E-state index in [2.05, 4.69) is 9.95 Å². The fraction of sp³-hybridized carbons (Fsp3) is 0.423. The highest BCUT2D eigenvalue weighted by molar-refractivity contribution is 7.89. The van der Waals surface area contributed by atoms with Crippen molar-refractivity contribution in [3.8, 4) is 11.3 Å². The molecule has 0 unspecified atom stereocenters. The summed E-state index contributed by atoms with van der Waals surface area (Å²) < 4.78 is 36.1. The third-order valence-corrected chi connectivity index (χ3v) is 9.32. The van der Waals surface area contributed by atoms with Crippen LogP contribution >= 0.6 is 11.3 Å². The van der Waals surface area contributed by atoms with Crippen molar-refractivity contribution in [1.29, 1.82) is 0 Å². The van der Waals surface area contributed by atoms with Crippen molar-refractivity contribution in [3.05, 3.63) is 64.8 Å². The quantitative estimate of drug-likeness (QED) is 0.471. The van der Waals surface area contributed by atoms with E-state index in [-0.39, 0.29) is 6.10 Å². The molecule has 3 heterocycles. The van der Waals surface area contributed by atoms with Gasteiger partial charge in [0.1, 0.15) is 0 Å². The molecule has 3 aromatic rings. The van der Waals surface area contributed by atoms with E-state index in [0.29, 0.717) is 18.0 Å². The summed E-state index contributed by atoms with van der Waals surface area (Å²) in [7, 11) is -3.46. The number of sulfonamides is 1. The minimum absolute atomic E-state index is 0.172. The predicted molar refractivity (Wildman–Crippen MR) is 136 cm³/mol. The van der Waals surface area contributed by atoms with Crippen LogP contribution in [0.3, 0.4) is 0 Å². The molecular formula is C26H31N3O3S2. The molecular weight excluding hydrogens is 466 g/mol. The summed E-state index contributed by atoms with van der Waals surface area (Å²) in [6.07, 6.45) is 6.37. The van der Waals surface area contributed by atoms with Crippen LogP contribution in [0.5, 0.6) is 0 Å². The van der Waals surface area contributed by atoms with Crippen LogP contribution in [0.2, 0.25) is 0 Å². The Morgan fingerprint density at radius 1 is 0.941 bits per heavy atom. The highest BCUT2D eigenvalue weighted by atomic mass is 32.2. The zero-order valence-electron chi connectivity index (χ0n) is 19.3. The lowest BCUT2D eigenvalue weighted by Crippen LogP contribution is -2.31. The molecule has 2 aliphatic rings. The van der Waals surface area contributed by atoms with Crippen LogP contribution in [-0.4, -0.2) is 43.1 Å². The molecule has 0 N–H and O–H groups in total. The van der Waals surface area contributed by atoms with E-state index in [9.17, 15) is 8.42 Å². The molecule has 34 heavy (non-hydrogen) atoms. The molecule has 0 saturated carbocycles. The van der Waals surface area contributed by atoms with Gasteiger partial charge in [-0.25, -0.2) is 13.4 Å². The molecule has 1 atom stereocenters. The van der Waals surface area contributed by atoms with Crippen molar-refractivity contribution >= 4 is 27.0 Å². The third-order valence-electron chi connectivity index (χ3n) is 6.54. The Kier molecular flexibility index (Phi) is 7.29. The summed E-state index contributed by atoms with van der Waals surface area (Å²) in [5, 5.41) is 2.11. The van der Waals surface area contributed by atoms with Crippen LogP contribution in [0.15, 0.2) is 69.9 Å². The number of para-hydroxylation sites is 1. The van der Waals surface area contributed by atoms with Gasteiger partial charge in [-0.05, 0) is 55.5 Å². The molecule has 2 aliphatic heterocycles. The Bertz CT molecular complexity index is 1250. The molecule has 1 aromatic heterocycles. The maximum Gasteiger partial charge on any atom is 0.243 e. The monoisotopic (exact) mass is 497 g/mol. The molecule has 0 bridgehead atoms. The van der Waals surface area contributed by atoms with Gasteiger partial charge in [-0.1, -0.05) is 43.2 Å². The summed E-state index contributed by atoms with van der Waals surface area (Å²) in [4.78, 5) is 6.16. The number of hydrogen-bond donors (Lipinski definition) is 0. The Hall–Kier alpha value is -2.26. The smallest absolute Gasteiger partial charge is 0.243 e. The van der Waals surface area contributed by atoms with Gasteiger partial charge in [0.15, 0.2) is 4.80 Å². The predicted octanol–water partition coefficient (Wildman–Crippen LogP) is 5.19. The average molecular weight is 498 g/mol. The van der Waals surface area contributed by atoms with Crippen molar-refractivity contribution in [2.45, 2.75) is 56.1 Å². The number of benzene rings is 2. The fourth-order valence-electron chi connectivity index (χ4n) is 4.66. The number of nitrogens with zero attached hydrogens (tertiary/aromatic N) is 3. The second kappa shape index (κ2) is 10.6. The van der Waals surface area contributed by atoms with Crippen LogP contribution in [0.25, 0.3) is 11.3 Å². The van der Waals surface area contributed by atoms with Gasteiger partial charge in [-0.15, -0.1) is 11.3 Å². The van der Waals surface area contributed by atoms with Crippen LogP contribution < -0.4 is 4.80 Å². The van der Waals surface area contributed by atoms with Crippen molar-refractivity contribution in [3.63, 3.8) is 0 Å². The van der Waals surface area contributed by atoms with Crippen molar-refractivity contribution < 1.29 is 13.2 Å². The van der Waals surface area contributed by atoms with Gasteiger partial charge in [-0.2, -0.15) is 4.31 Å². The lowest BCUT2D eigenvalue weighted by Gasteiger charge is -2.20. The minimum Gasteiger partial charge on any atom is -0.376 e. The molecule has 6 nitrogen and oxygen atoms in total. The number of aromatic nitrogens is 1. The summed E-state index contributed by atoms with van der Waals surface area (Å²) in [5.41, 5.74) is 2.93. The average Bonchev–Trinajstić information content (AvgIpc) is 3.42. The van der Waals surface area contributed by atoms with Gasteiger partial charge in [-0.3, -0.25) is 0 Å². The molecule has 8 heteroatoms. The molecule has 2 fully saturated rings. The first-order chi connectivity index (χ1) is 16.6. The number of thiazole rings is 1. The van der Waals surface area contributed by atoms with Crippen LogP contribution in [0.4, 0.5) is 5.69 Å². The van der Waals surface area contributed by atoms with Gasteiger partial charge in [0.2, 0.25) is 10.0 Å². The molecule has 2 aromatic carbocycles. The van der Waals surface area contributed by atoms with Crippen LogP contribution in [-0.2, 0) is 21.3 Å². The normalized spacial score (nSPS) is 20.5. The van der Waals surface area contributed by atoms with E-state index >= 15 is 0 Å². The number of ether oxygens (including phenoxy) is 1. The zero-order valence-corrected chi connectivity index (χ0v) is 20.9. The summed E-state index contributed by atoms with van der Waals surface area (Å²) in [6.45, 7) is 2.76. The van der Waals surface area contributed by atoms with Gasteiger partial charge in [0.05, 0.1) is 28.9 Å². The molecule has 5 rings (SSSR count). The Morgan fingerprint density at radius 2 is 1.68 bits per heavy atom. The highest BCUT2D eigenvalue weighted by Gasteiger charge is 2.25. The Labute approximate surface area is 205 Å². The maximum atomic E-state index is 13.2. The molecule has 180 valence electrons. The summed E-state index contributed by atoms with van der Waals surface area (Å²) in [6, 6.07) is 17.3. The molecule has 0 spiro atoms. The molecule has 2 saturated heterocycles.